The predicted molar refractivity (Wildman–Crippen MR) is 177 cm³/mol. The summed E-state index contributed by atoms with van der Waals surface area (Å²) >= 11 is 3.93. The Bertz CT molecular complexity index is 1060. The highest BCUT2D eigenvalue weighted by atomic mass is 32.2. The average Bonchev–Trinajstić information content (AvgIpc) is 2.72. The van der Waals surface area contributed by atoms with Gasteiger partial charge in [-0.15, -0.1) is 23.5 Å². The summed E-state index contributed by atoms with van der Waals surface area (Å²) in [6.45, 7) is 30.8. The molecule has 0 saturated carbocycles. The van der Waals surface area contributed by atoms with Crippen molar-refractivity contribution in [1.29, 1.82) is 0 Å². The van der Waals surface area contributed by atoms with Gasteiger partial charge in [-0.1, -0.05) is 83.1 Å². The monoisotopic (exact) mass is 585 g/mol. The van der Waals surface area contributed by atoms with Gasteiger partial charge in [0, 0.05) is 44.1 Å². The fourth-order valence-corrected chi connectivity index (χ4v) is 9.50. The molecule has 1 aliphatic heterocycles. The third-order valence-corrected chi connectivity index (χ3v) is 10.7. The van der Waals surface area contributed by atoms with Crippen LogP contribution < -0.4 is 5.32 Å². The number of phenols is 2. The van der Waals surface area contributed by atoms with E-state index in [4.69, 9.17) is 0 Å². The first-order valence-electron chi connectivity index (χ1n) is 14.8. The number of rotatable bonds is 4. The van der Waals surface area contributed by atoms with Crippen molar-refractivity contribution >= 4 is 23.5 Å². The number of piperidine rings is 1. The lowest BCUT2D eigenvalue weighted by Crippen LogP contribution is -2.48. The predicted octanol–water partition coefficient (Wildman–Crippen LogP) is 10.0. The Morgan fingerprint density at radius 1 is 0.575 bits per heavy atom. The summed E-state index contributed by atoms with van der Waals surface area (Å²) in [5.74, 6) is 0.863. The SMILES string of the molecule is C[C@@H]1CC(Sc2cc(C(C)(C)C)c(O)c(C(C)(C)C)c2)(Sc2cc(C(C)(C)C)c(O)c(C(C)(C)C)c2)C[C@@H](C)N1. The molecule has 1 fully saturated rings. The van der Waals surface area contributed by atoms with Gasteiger partial charge in [-0.05, 0) is 72.6 Å². The average molecular weight is 586 g/mol. The topological polar surface area (TPSA) is 52.5 Å². The maximum atomic E-state index is 11.4. The van der Waals surface area contributed by atoms with Gasteiger partial charge in [-0.25, -0.2) is 0 Å². The van der Waals surface area contributed by atoms with Crippen LogP contribution in [0.4, 0.5) is 0 Å². The molecule has 2 aromatic carbocycles. The van der Waals surface area contributed by atoms with Crippen molar-refractivity contribution in [3.05, 3.63) is 46.5 Å². The number of phenolic OH excluding ortho intramolecular Hbond substituents is 2. The molecule has 2 atom stereocenters. The Balaban J connectivity index is 2.22. The van der Waals surface area contributed by atoms with Crippen LogP contribution in [-0.4, -0.2) is 26.4 Å². The summed E-state index contributed by atoms with van der Waals surface area (Å²) in [6, 6.07) is 9.68. The lowest BCUT2D eigenvalue weighted by molar-refractivity contribution is 0.345. The maximum absolute atomic E-state index is 11.4. The highest BCUT2D eigenvalue weighted by molar-refractivity contribution is 8.18. The van der Waals surface area contributed by atoms with Crippen LogP contribution in [0.15, 0.2) is 34.1 Å². The fourth-order valence-electron chi connectivity index (χ4n) is 5.86. The van der Waals surface area contributed by atoms with Crippen molar-refractivity contribution in [2.75, 3.05) is 0 Å². The molecule has 0 aliphatic carbocycles. The molecular weight excluding hydrogens is 531 g/mol. The van der Waals surface area contributed by atoms with Crippen LogP contribution in [0.5, 0.6) is 11.5 Å². The van der Waals surface area contributed by atoms with Gasteiger partial charge in [0.15, 0.2) is 0 Å². The van der Waals surface area contributed by atoms with E-state index < -0.39 is 0 Å². The molecule has 3 rings (SSSR count). The van der Waals surface area contributed by atoms with Gasteiger partial charge < -0.3 is 15.5 Å². The molecule has 0 spiro atoms. The highest BCUT2D eigenvalue weighted by Gasteiger charge is 2.41. The van der Waals surface area contributed by atoms with Crippen LogP contribution in [0, 0.1) is 0 Å². The van der Waals surface area contributed by atoms with Crippen molar-refractivity contribution in [1.82, 2.24) is 5.32 Å². The van der Waals surface area contributed by atoms with Crippen molar-refractivity contribution < 1.29 is 10.2 Å². The Kier molecular flexibility index (Phi) is 9.20. The number of aromatic hydroxyl groups is 2. The molecule has 40 heavy (non-hydrogen) atoms. The van der Waals surface area contributed by atoms with Gasteiger partial charge >= 0.3 is 0 Å². The lowest BCUT2D eigenvalue weighted by Gasteiger charge is -2.43. The molecule has 1 saturated heterocycles. The maximum Gasteiger partial charge on any atom is 0.123 e. The van der Waals surface area contributed by atoms with Gasteiger partial charge in [0.2, 0.25) is 0 Å². The third kappa shape index (κ3) is 7.55. The molecule has 5 heteroatoms. The van der Waals surface area contributed by atoms with Crippen molar-refractivity contribution in [3.63, 3.8) is 0 Å². The molecule has 0 amide bonds. The Hall–Kier alpha value is -1.30. The van der Waals surface area contributed by atoms with Crippen LogP contribution in [0.25, 0.3) is 0 Å². The zero-order valence-corrected chi connectivity index (χ0v) is 29.2. The van der Waals surface area contributed by atoms with E-state index in [2.05, 4.69) is 127 Å². The number of thioether (sulfide) groups is 2. The third-order valence-electron chi connectivity index (χ3n) is 7.81. The minimum Gasteiger partial charge on any atom is -0.507 e. The van der Waals surface area contributed by atoms with E-state index in [1.54, 1.807) is 0 Å². The van der Waals surface area contributed by atoms with E-state index in [1.165, 1.54) is 9.79 Å². The smallest absolute Gasteiger partial charge is 0.123 e. The molecule has 2 aromatic rings. The standard InChI is InChI=1S/C35H55NO2S2/c1-21-19-35(20-22(2)36-21,39-23-15-25(31(3,4)5)29(37)26(16-23)32(6,7)8)40-24-17-27(33(9,10)11)30(38)28(18-24)34(12,13)14/h15-18,21-22,36-38H,19-20H2,1-14H3/t21-,22-/m1/s1. The number of benzene rings is 2. The van der Waals surface area contributed by atoms with Crippen LogP contribution >= 0.6 is 23.5 Å². The van der Waals surface area contributed by atoms with Crippen LogP contribution in [0.2, 0.25) is 0 Å². The van der Waals surface area contributed by atoms with E-state index in [0.717, 1.165) is 35.1 Å². The van der Waals surface area contributed by atoms with Crippen molar-refractivity contribution in [3.8, 4) is 11.5 Å². The lowest BCUT2D eigenvalue weighted by atomic mass is 9.79. The van der Waals surface area contributed by atoms with E-state index in [-0.39, 0.29) is 25.7 Å². The van der Waals surface area contributed by atoms with Gasteiger partial charge in [0.1, 0.15) is 11.5 Å². The minimum atomic E-state index is -0.171. The van der Waals surface area contributed by atoms with Gasteiger partial charge in [-0.3, -0.25) is 0 Å². The summed E-state index contributed by atoms with van der Waals surface area (Å²) in [4.78, 5) is 2.43. The van der Waals surface area contributed by atoms with E-state index in [1.807, 2.05) is 23.5 Å². The molecule has 1 aliphatic rings. The van der Waals surface area contributed by atoms with E-state index >= 15 is 0 Å². The number of hydrogen-bond acceptors (Lipinski definition) is 5. The number of hydrogen-bond donors (Lipinski definition) is 3. The van der Waals surface area contributed by atoms with Crippen LogP contribution in [0.1, 0.15) is 132 Å². The minimum absolute atomic E-state index is 0.105. The molecule has 3 nitrogen and oxygen atoms in total. The molecule has 224 valence electrons. The zero-order valence-electron chi connectivity index (χ0n) is 27.6. The quantitative estimate of drug-likeness (QED) is 0.312. The molecule has 0 bridgehead atoms. The largest absolute Gasteiger partial charge is 0.507 e. The Labute approximate surface area is 253 Å². The van der Waals surface area contributed by atoms with Crippen molar-refractivity contribution in [2.45, 2.75) is 157 Å². The van der Waals surface area contributed by atoms with Crippen LogP contribution in [-0.2, 0) is 21.7 Å². The summed E-state index contributed by atoms with van der Waals surface area (Å²) in [6.07, 6.45) is 2.03. The normalized spacial score (nSPS) is 20.6. The second kappa shape index (κ2) is 11.1. The van der Waals surface area contributed by atoms with Gasteiger partial charge in [-0.2, -0.15) is 0 Å². The first-order valence-corrected chi connectivity index (χ1v) is 16.5. The summed E-state index contributed by atoms with van der Waals surface area (Å²) in [7, 11) is 0. The molecule has 0 aromatic heterocycles. The summed E-state index contributed by atoms with van der Waals surface area (Å²) < 4.78 is -0.105. The Morgan fingerprint density at radius 3 is 1.05 bits per heavy atom. The van der Waals surface area contributed by atoms with Crippen LogP contribution in [0.3, 0.4) is 0 Å². The Morgan fingerprint density at radius 2 is 0.825 bits per heavy atom. The second-order valence-electron chi connectivity index (χ2n) is 16.2. The fraction of sp³-hybridized carbons (Fsp3) is 0.657. The van der Waals surface area contributed by atoms with Gasteiger partial charge in [0.25, 0.3) is 0 Å². The molecule has 1 heterocycles. The first-order chi connectivity index (χ1) is 17.9. The molecule has 0 radical (unpaired) electrons. The first kappa shape index (κ1) is 33.2. The van der Waals surface area contributed by atoms with Gasteiger partial charge in [0.05, 0.1) is 4.08 Å². The van der Waals surface area contributed by atoms with E-state index in [0.29, 0.717) is 23.6 Å². The second-order valence-corrected chi connectivity index (χ2v) is 19.4. The number of nitrogens with one attached hydrogen (secondary N) is 1. The summed E-state index contributed by atoms with van der Waals surface area (Å²) in [5.41, 5.74) is 3.34. The molecule has 3 N–H and O–H groups in total. The molecular formula is C35H55NO2S2. The zero-order chi connectivity index (χ0) is 30.6. The van der Waals surface area contributed by atoms with E-state index in [9.17, 15) is 10.2 Å². The highest BCUT2D eigenvalue weighted by Crippen LogP contribution is 2.56. The molecule has 0 unspecified atom stereocenters. The van der Waals surface area contributed by atoms with Crippen molar-refractivity contribution in [2.24, 2.45) is 0 Å². The summed E-state index contributed by atoms with van der Waals surface area (Å²) in [5, 5.41) is 26.5.